The highest BCUT2D eigenvalue weighted by Crippen LogP contribution is 2.19. The molecule has 5 nitrogen and oxygen atoms in total. The van der Waals surface area contributed by atoms with Crippen LogP contribution in [0.3, 0.4) is 0 Å². The van der Waals surface area contributed by atoms with Crippen LogP contribution >= 0.6 is 12.2 Å². The highest BCUT2D eigenvalue weighted by atomic mass is 32.2. The summed E-state index contributed by atoms with van der Waals surface area (Å²) in [6.07, 6.45) is 1.29. The van der Waals surface area contributed by atoms with E-state index in [-0.39, 0.29) is 23.2 Å². The monoisotopic (exact) mass is 312 g/mol. The molecule has 1 atom stereocenters. The topological polar surface area (TPSA) is 89.3 Å². The summed E-state index contributed by atoms with van der Waals surface area (Å²) < 4.78 is 23.3. The Kier molecular flexibility index (Phi) is 4.39. The Morgan fingerprint density at radius 1 is 1.30 bits per heavy atom. The minimum atomic E-state index is -3.03. The summed E-state index contributed by atoms with van der Waals surface area (Å²) in [7, 11) is -3.03. The van der Waals surface area contributed by atoms with Gasteiger partial charge in [0.2, 0.25) is 0 Å². The summed E-state index contributed by atoms with van der Waals surface area (Å²) in [5.41, 5.74) is 6.62. The van der Waals surface area contributed by atoms with E-state index in [0.717, 1.165) is 0 Å². The van der Waals surface area contributed by atoms with E-state index in [2.05, 4.69) is 5.32 Å². The van der Waals surface area contributed by atoms with Gasteiger partial charge in [-0.05, 0) is 25.0 Å². The first-order valence-corrected chi connectivity index (χ1v) is 8.42. The van der Waals surface area contributed by atoms with E-state index in [0.29, 0.717) is 24.0 Å². The Hall–Kier alpha value is -1.47. The molecule has 1 fully saturated rings. The molecule has 1 amide bonds. The molecule has 1 aromatic carbocycles. The van der Waals surface area contributed by atoms with Gasteiger partial charge in [0, 0.05) is 17.7 Å². The van der Waals surface area contributed by atoms with E-state index in [9.17, 15) is 13.2 Å². The third kappa shape index (κ3) is 3.34. The van der Waals surface area contributed by atoms with Crippen molar-refractivity contribution in [1.29, 1.82) is 0 Å². The average Bonchev–Trinajstić information content (AvgIpc) is 2.75. The van der Waals surface area contributed by atoms with E-state index >= 15 is 0 Å². The van der Waals surface area contributed by atoms with Crippen LogP contribution in [0.1, 0.15) is 28.8 Å². The van der Waals surface area contributed by atoms with Crippen LogP contribution in [0.2, 0.25) is 0 Å². The number of carbonyl (C=O) groups excluding carboxylic acids is 1. The van der Waals surface area contributed by atoms with Crippen molar-refractivity contribution in [3.63, 3.8) is 0 Å². The molecule has 2 rings (SSSR count). The van der Waals surface area contributed by atoms with Crippen molar-refractivity contribution >= 4 is 33.0 Å². The minimum absolute atomic E-state index is 0.165. The maximum absolute atomic E-state index is 11.9. The second-order valence-corrected chi connectivity index (χ2v) is 7.62. The Balaban J connectivity index is 1.97. The maximum atomic E-state index is 11.9. The number of thiocarbonyl (C=S) groups is 1. The van der Waals surface area contributed by atoms with Crippen molar-refractivity contribution in [3.05, 3.63) is 35.4 Å². The summed E-state index contributed by atoms with van der Waals surface area (Å²) in [6.45, 7) is 0.165. The van der Waals surface area contributed by atoms with Crippen LogP contribution in [0.15, 0.2) is 24.3 Å². The van der Waals surface area contributed by atoms with Gasteiger partial charge >= 0.3 is 0 Å². The Morgan fingerprint density at radius 2 is 1.90 bits per heavy atom. The molecular formula is C13H16N2O3S2. The van der Waals surface area contributed by atoms with E-state index in [1.807, 2.05) is 0 Å². The zero-order valence-corrected chi connectivity index (χ0v) is 12.5. The molecule has 1 unspecified atom stereocenters. The molecule has 0 aliphatic carbocycles. The van der Waals surface area contributed by atoms with Crippen molar-refractivity contribution in [1.82, 2.24) is 5.32 Å². The van der Waals surface area contributed by atoms with E-state index < -0.39 is 15.1 Å². The second kappa shape index (κ2) is 5.88. The highest BCUT2D eigenvalue weighted by Gasteiger charge is 2.31. The lowest BCUT2D eigenvalue weighted by atomic mass is 10.1. The van der Waals surface area contributed by atoms with Gasteiger partial charge in [-0.1, -0.05) is 24.4 Å². The third-order valence-electron chi connectivity index (χ3n) is 3.38. The number of rotatable bonds is 4. The van der Waals surface area contributed by atoms with Crippen LogP contribution in [-0.2, 0) is 9.84 Å². The normalized spacial score (nSPS) is 20.5. The van der Waals surface area contributed by atoms with Gasteiger partial charge < -0.3 is 11.1 Å². The van der Waals surface area contributed by atoms with E-state index in [4.69, 9.17) is 18.0 Å². The van der Waals surface area contributed by atoms with E-state index in [1.165, 1.54) is 0 Å². The molecule has 0 spiro atoms. The summed E-state index contributed by atoms with van der Waals surface area (Å²) in [5, 5.41) is 2.21. The Labute approximate surface area is 123 Å². The smallest absolute Gasteiger partial charge is 0.251 e. The van der Waals surface area contributed by atoms with Gasteiger partial charge in [0.15, 0.2) is 9.84 Å². The van der Waals surface area contributed by atoms with Gasteiger partial charge in [0.05, 0.1) is 11.0 Å². The van der Waals surface area contributed by atoms with Crippen LogP contribution < -0.4 is 11.1 Å². The molecule has 20 heavy (non-hydrogen) atoms. The zero-order chi connectivity index (χ0) is 14.8. The van der Waals surface area contributed by atoms with Crippen LogP contribution in [0.25, 0.3) is 0 Å². The molecule has 0 bridgehead atoms. The molecule has 0 saturated carbocycles. The lowest BCUT2D eigenvalue weighted by Gasteiger charge is -2.11. The molecule has 1 aliphatic rings. The fourth-order valence-electron chi connectivity index (χ4n) is 2.18. The molecule has 1 aliphatic heterocycles. The van der Waals surface area contributed by atoms with Crippen LogP contribution in [0, 0.1) is 0 Å². The van der Waals surface area contributed by atoms with Gasteiger partial charge in [-0.15, -0.1) is 0 Å². The number of hydrogen-bond donors (Lipinski definition) is 2. The van der Waals surface area contributed by atoms with Gasteiger partial charge in [-0.25, -0.2) is 8.42 Å². The molecule has 108 valence electrons. The fourth-order valence-corrected chi connectivity index (χ4v) is 4.08. The number of hydrogen-bond acceptors (Lipinski definition) is 4. The Bertz CT molecular complexity index is 624. The first kappa shape index (κ1) is 14.9. The van der Waals surface area contributed by atoms with Crippen molar-refractivity contribution in [2.45, 2.75) is 18.1 Å². The number of amides is 1. The Morgan fingerprint density at radius 3 is 2.40 bits per heavy atom. The van der Waals surface area contributed by atoms with Crippen LogP contribution in [0.5, 0.6) is 0 Å². The quantitative estimate of drug-likeness (QED) is 0.796. The van der Waals surface area contributed by atoms with Gasteiger partial charge in [-0.3, -0.25) is 4.79 Å². The summed E-state index contributed by atoms with van der Waals surface area (Å²) >= 11 is 4.83. The lowest BCUT2D eigenvalue weighted by Crippen LogP contribution is -2.34. The molecule has 0 radical (unpaired) electrons. The fraction of sp³-hybridized carbons (Fsp3) is 0.385. The third-order valence-corrected chi connectivity index (χ3v) is 5.90. The van der Waals surface area contributed by atoms with E-state index in [1.54, 1.807) is 24.3 Å². The van der Waals surface area contributed by atoms with Crippen LogP contribution in [0.4, 0.5) is 0 Å². The predicted molar refractivity (Wildman–Crippen MR) is 81.5 cm³/mol. The summed E-state index contributed by atoms with van der Waals surface area (Å²) in [6, 6.07) is 6.58. The summed E-state index contributed by atoms with van der Waals surface area (Å²) in [4.78, 5) is 12.2. The van der Waals surface area contributed by atoms with Crippen molar-refractivity contribution in [2.24, 2.45) is 5.73 Å². The number of benzene rings is 1. The molecule has 1 saturated heterocycles. The number of nitrogens with one attached hydrogen (secondary N) is 1. The molecule has 3 N–H and O–H groups in total. The molecular weight excluding hydrogens is 296 g/mol. The molecule has 1 aromatic rings. The largest absolute Gasteiger partial charge is 0.389 e. The average molecular weight is 312 g/mol. The molecule has 0 aromatic heterocycles. The zero-order valence-electron chi connectivity index (χ0n) is 10.8. The summed E-state index contributed by atoms with van der Waals surface area (Å²) in [5.74, 6) is -0.0718. The number of nitrogens with two attached hydrogens (primary N) is 1. The predicted octanol–water partition coefficient (Wildman–Crippen LogP) is 0.628. The van der Waals surface area contributed by atoms with Crippen molar-refractivity contribution < 1.29 is 13.2 Å². The maximum Gasteiger partial charge on any atom is 0.251 e. The first-order chi connectivity index (χ1) is 9.40. The minimum Gasteiger partial charge on any atom is -0.389 e. The second-order valence-electron chi connectivity index (χ2n) is 4.78. The van der Waals surface area contributed by atoms with Gasteiger partial charge in [0.25, 0.3) is 5.91 Å². The SMILES string of the molecule is NC(=S)c1ccc(C(=O)NCC2CCCS2(=O)=O)cc1. The standard InChI is InChI=1S/C13H16N2O3S2/c14-12(19)9-3-5-10(6-4-9)13(16)15-8-11-2-1-7-20(11,17)18/h3-6,11H,1-2,7-8H2,(H2,14,19)(H,15,16). The van der Waals surface area contributed by atoms with Gasteiger partial charge in [-0.2, -0.15) is 0 Å². The van der Waals surface area contributed by atoms with Crippen molar-refractivity contribution in [2.75, 3.05) is 12.3 Å². The lowest BCUT2D eigenvalue weighted by molar-refractivity contribution is 0.0953. The molecule has 1 heterocycles. The van der Waals surface area contributed by atoms with Crippen molar-refractivity contribution in [3.8, 4) is 0 Å². The number of sulfone groups is 1. The first-order valence-electron chi connectivity index (χ1n) is 6.30. The molecule has 7 heteroatoms. The number of carbonyl (C=O) groups is 1. The van der Waals surface area contributed by atoms with Gasteiger partial charge in [0.1, 0.15) is 4.99 Å². The highest BCUT2D eigenvalue weighted by molar-refractivity contribution is 7.92. The van der Waals surface area contributed by atoms with Crippen LogP contribution in [-0.4, -0.2) is 36.9 Å².